The maximum Gasteiger partial charge on any atom is 0.251 e. The molecule has 0 spiro atoms. The Morgan fingerprint density at radius 2 is 2.10 bits per heavy atom. The highest BCUT2D eigenvalue weighted by molar-refractivity contribution is 5.94. The fraction of sp³-hybridized carbons (Fsp3) is 0.476. The summed E-state index contributed by atoms with van der Waals surface area (Å²) in [4.78, 5) is 22.9. The fourth-order valence-corrected chi connectivity index (χ4v) is 3.14. The van der Waals surface area contributed by atoms with Gasteiger partial charge < -0.3 is 26.0 Å². The lowest BCUT2D eigenvalue weighted by Crippen LogP contribution is -2.57. The number of amides is 1. The third kappa shape index (κ3) is 5.88. The van der Waals surface area contributed by atoms with E-state index in [1.165, 1.54) is 0 Å². The predicted octanol–water partition coefficient (Wildman–Crippen LogP) is 1.71. The van der Waals surface area contributed by atoms with E-state index in [9.17, 15) is 4.79 Å². The van der Waals surface area contributed by atoms with Crippen molar-refractivity contribution in [2.24, 2.45) is 0 Å². The van der Waals surface area contributed by atoms with Crippen LogP contribution in [-0.4, -0.2) is 48.6 Å². The third-order valence-corrected chi connectivity index (χ3v) is 4.92. The minimum absolute atomic E-state index is 0.0528. The van der Waals surface area contributed by atoms with Crippen molar-refractivity contribution in [1.29, 1.82) is 0 Å². The van der Waals surface area contributed by atoms with Crippen molar-refractivity contribution in [3.63, 3.8) is 0 Å². The van der Waals surface area contributed by atoms with Crippen molar-refractivity contribution in [3.05, 3.63) is 47.2 Å². The molecule has 1 fully saturated rings. The molecule has 29 heavy (non-hydrogen) atoms. The van der Waals surface area contributed by atoms with Crippen LogP contribution in [-0.2, 0) is 18.0 Å². The zero-order valence-corrected chi connectivity index (χ0v) is 17.1. The number of likely N-dealkylation sites (N-methyl/N-ethyl adjacent to an activating group) is 1. The van der Waals surface area contributed by atoms with Gasteiger partial charge in [-0.3, -0.25) is 4.79 Å². The van der Waals surface area contributed by atoms with E-state index in [2.05, 4.69) is 32.4 Å². The maximum absolute atomic E-state index is 12.2. The lowest BCUT2D eigenvalue weighted by atomic mass is 10.1. The van der Waals surface area contributed by atoms with Gasteiger partial charge in [0.15, 0.2) is 0 Å². The van der Waals surface area contributed by atoms with Crippen LogP contribution in [0.15, 0.2) is 30.3 Å². The SMILES string of the molecule is CCCCNC(=O)c1cccc(COCc2cc(N3CC(NC)C3)nc(N)n2)c1. The van der Waals surface area contributed by atoms with E-state index < -0.39 is 0 Å². The minimum Gasteiger partial charge on any atom is -0.370 e. The Morgan fingerprint density at radius 3 is 2.86 bits per heavy atom. The largest absolute Gasteiger partial charge is 0.370 e. The molecule has 1 aromatic carbocycles. The minimum atomic E-state index is -0.0528. The summed E-state index contributed by atoms with van der Waals surface area (Å²) in [6.45, 7) is 5.32. The van der Waals surface area contributed by atoms with E-state index >= 15 is 0 Å². The highest BCUT2D eigenvalue weighted by atomic mass is 16.5. The van der Waals surface area contributed by atoms with Gasteiger partial charge in [0.1, 0.15) is 5.82 Å². The summed E-state index contributed by atoms with van der Waals surface area (Å²) in [6, 6.07) is 9.89. The summed E-state index contributed by atoms with van der Waals surface area (Å²) in [5.41, 5.74) is 8.19. The number of unbranched alkanes of at least 4 members (excludes halogenated alkanes) is 1. The highest BCUT2D eigenvalue weighted by Crippen LogP contribution is 2.20. The first-order valence-electron chi connectivity index (χ1n) is 10.1. The molecule has 156 valence electrons. The lowest BCUT2D eigenvalue weighted by Gasteiger charge is -2.40. The van der Waals surface area contributed by atoms with Crippen LogP contribution >= 0.6 is 0 Å². The number of carbonyl (C=O) groups is 1. The van der Waals surface area contributed by atoms with Crippen LogP contribution in [0.25, 0.3) is 0 Å². The third-order valence-electron chi connectivity index (χ3n) is 4.92. The summed E-state index contributed by atoms with van der Waals surface area (Å²) in [6.07, 6.45) is 2.03. The quantitative estimate of drug-likeness (QED) is 0.523. The van der Waals surface area contributed by atoms with Crippen LogP contribution in [0.1, 0.15) is 41.4 Å². The van der Waals surface area contributed by atoms with Crippen molar-refractivity contribution in [1.82, 2.24) is 20.6 Å². The Labute approximate surface area is 171 Å². The first-order valence-corrected chi connectivity index (χ1v) is 10.1. The molecule has 1 amide bonds. The fourth-order valence-electron chi connectivity index (χ4n) is 3.14. The topological polar surface area (TPSA) is 105 Å². The number of benzene rings is 1. The molecule has 1 aromatic heterocycles. The second-order valence-corrected chi connectivity index (χ2v) is 7.27. The molecule has 1 saturated heterocycles. The number of nitrogens with one attached hydrogen (secondary N) is 2. The smallest absolute Gasteiger partial charge is 0.251 e. The second-order valence-electron chi connectivity index (χ2n) is 7.27. The molecule has 0 radical (unpaired) electrons. The Morgan fingerprint density at radius 1 is 1.28 bits per heavy atom. The summed E-state index contributed by atoms with van der Waals surface area (Å²) < 4.78 is 5.81. The molecule has 0 aliphatic carbocycles. The molecule has 8 nitrogen and oxygen atoms in total. The number of hydrogen-bond acceptors (Lipinski definition) is 7. The average Bonchev–Trinajstić information content (AvgIpc) is 2.67. The number of hydrogen-bond donors (Lipinski definition) is 3. The summed E-state index contributed by atoms with van der Waals surface area (Å²) in [5, 5.41) is 6.17. The number of rotatable bonds is 10. The summed E-state index contributed by atoms with van der Waals surface area (Å²) >= 11 is 0. The Bertz CT molecular complexity index is 823. The first-order chi connectivity index (χ1) is 14.1. The molecule has 0 bridgehead atoms. The number of nitrogens with two attached hydrogens (primary N) is 1. The Hall–Kier alpha value is -2.71. The molecule has 3 rings (SSSR count). The van der Waals surface area contributed by atoms with Crippen molar-refractivity contribution < 1.29 is 9.53 Å². The van der Waals surface area contributed by atoms with Gasteiger partial charge in [0.25, 0.3) is 5.91 Å². The number of anilines is 2. The van der Waals surface area contributed by atoms with Gasteiger partial charge in [0, 0.05) is 37.3 Å². The second kappa shape index (κ2) is 10.2. The van der Waals surface area contributed by atoms with E-state index in [0.717, 1.165) is 43.0 Å². The van der Waals surface area contributed by atoms with Crippen LogP contribution in [0.3, 0.4) is 0 Å². The molecule has 0 atom stereocenters. The van der Waals surface area contributed by atoms with Gasteiger partial charge in [0.05, 0.1) is 18.9 Å². The van der Waals surface area contributed by atoms with Gasteiger partial charge in [-0.25, -0.2) is 4.98 Å². The number of nitrogen functional groups attached to an aromatic ring is 1. The first kappa shape index (κ1) is 21.0. The zero-order chi connectivity index (χ0) is 20.6. The number of aromatic nitrogens is 2. The van der Waals surface area contributed by atoms with Crippen molar-refractivity contribution in [3.8, 4) is 0 Å². The van der Waals surface area contributed by atoms with Gasteiger partial charge in [-0.1, -0.05) is 25.5 Å². The monoisotopic (exact) mass is 398 g/mol. The summed E-state index contributed by atoms with van der Waals surface area (Å²) in [7, 11) is 1.96. The van der Waals surface area contributed by atoms with Gasteiger partial charge in [-0.15, -0.1) is 0 Å². The Kier molecular flexibility index (Phi) is 7.37. The van der Waals surface area contributed by atoms with Crippen LogP contribution in [0, 0.1) is 0 Å². The average molecular weight is 399 g/mol. The van der Waals surface area contributed by atoms with Crippen LogP contribution in [0.5, 0.6) is 0 Å². The standard InChI is InChI=1S/C21H30N6O2/c1-3-4-8-24-20(28)16-7-5-6-15(9-16)13-29-14-17-10-19(26-21(22)25-17)27-11-18(12-27)23-2/h5-7,9-10,18,23H,3-4,8,11-14H2,1-2H3,(H,24,28)(H2,22,25,26). The number of ether oxygens (including phenoxy) is 1. The molecule has 4 N–H and O–H groups in total. The highest BCUT2D eigenvalue weighted by Gasteiger charge is 2.26. The van der Waals surface area contributed by atoms with Crippen molar-refractivity contribution in [2.45, 2.75) is 39.0 Å². The van der Waals surface area contributed by atoms with E-state index in [0.29, 0.717) is 31.4 Å². The van der Waals surface area contributed by atoms with Gasteiger partial charge in [-0.2, -0.15) is 4.98 Å². The van der Waals surface area contributed by atoms with Crippen molar-refractivity contribution >= 4 is 17.7 Å². The normalized spacial score (nSPS) is 13.9. The van der Waals surface area contributed by atoms with Crippen LogP contribution < -0.4 is 21.3 Å². The summed E-state index contributed by atoms with van der Waals surface area (Å²) in [5.74, 6) is 1.02. The van der Waals surface area contributed by atoms with Crippen molar-refractivity contribution in [2.75, 3.05) is 37.3 Å². The van der Waals surface area contributed by atoms with Gasteiger partial charge in [0.2, 0.25) is 5.95 Å². The molecule has 8 heteroatoms. The zero-order valence-electron chi connectivity index (χ0n) is 17.1. The van der Waals surface area contributed by atoms with E-state index in [1.807, 2.05) is 37.4 Å². The van der Waals surface area contributed by atoms with Crippen LogP contribution in [0.2, 0.25) is 0 Å². The lowest BCUT2D eigenvalue weighted by molar-refractivity contribution is 0.0950. The number of nitrogens with zero attached hydrogens (tertiary/aromatic N) is 3. The van der Waals surface area contributed by atoms with E-state index in [4.69, 9.17) is 10.5 Å². The van der Waals surface area contributed by atoms with E-state index in [1.54, 1.807) is 0 Å². The molecule has 1 aliphatic rings. The Balaban J connectivity index is 1.53. The maximum atomic E-state index is 12.2. The predicted molar refractivity (Wildman–Crippen MR) is 114 cm³/mol. The molecular weight excluding hydrogens is 368 g/mol. The molecule has 1 aliphatic heterocycles. The molecule has 0 saturated carbocycles. The van der Waals surface area contributed by atoms with Gasteiger partial charge >= 0.3 is 0 Å². The molecular formula is C21H30N6O2. The molecule has 2 aromatic rings. The van der Waals surface area contributed by atoms with Gasteiger partial charge in [-0.05, 0) is 31.2 Å². The van der Waals surface area contributed by atoms with Crippen LogP contribution in [0.4, 0.5) is 11.8 Å². The molecule has 2 heterocycles. The molecule has 0 unspecified atom stereocenters. The van der Waals surface area contributed by atoms with E-state index in [-0.39, 0.29) is 11.9 Å². The number of carbonyl (C=O) groups excluding carboxylic acids is 1.